The quantitative estimate of drug-likeness (QED) is 0.188. The van der Waals surface area contributed by atoms with Crippen molar-refractivity contribution in [2.45, 2.75) is 11.8 Å². The van der Waals surface area contributed by atoms with E-state index in [2.05, 4.69) is 15.2 Å². The van der Waals surface area contributed by atoms with Crippen LogP contribution in [0.1, 0.15) is 5.56 Å². The summed E-state index contributed by atoms with van der Waals surface area (Å²) in [5.41, 5.74) is 9.09. The molecule has 0 saturated carbocycles. The zero-order valence-corrected chi connectivity index (χ0v) is 20.1. The van der Waals surface area contributed by atoms with Crippen LogP contribution in [0, 0.1) is 12.7 Å². The number of nitrogens with two attached hydrogens (primary N) is 1. The van der Waals surface area contributed by atoms with E-state index in [4.69, 9.17) is 5.73 Å². The van der Waals surface area contributed by atoms with E-state index in [1.54, 1.807) is 49.4 Å². The number of hydrogen-bond donors (Lipinski definition) is 2. The first-order valence-corrected chi connectivity index (χ1v) is 10.6. The second-order valence-corrected chi connectivity index (χ2v) is 8.28. The number of aromatic nitrogens is 1. The van der Waals surface area contributed by atoms with Crippen LogP contribution in [0.5, 0.6) is 0 Å². The molecule has 0 saturated heterocycles. The average Bonchev–Trinajstić information content (AvgIpc) is 2.73. The van der Waals surface area contributed by atoms with Gasteiger partial charge in [-0.1, -0.05) is 24.3 Å². The minimum atomic E-state index is -4.49. The Morgan fingerprint density at radius 2 is 1.72 bits per heavy atom. The molecule has 4 aromatic rings. The third kappa shape index (κ3) is 4.87. The van der Waals surface area contributed by atoms with E-state index >= 15 is 0 Å². The van der Waals surface area contributed by atoms with Gasteiger partial charge in [0.05, 0.1) is 17.6 Å². The van der Waals surface area contributed by atoms with Crippen molar-refractivity contribution in [2.24, 2.45) is 10.2 Å². The largest absolute Gasteiger partial charge is 0.396 e. The van der Waals surface area contributed by atoms with E-state index in [-0.39, 0.29) is 51.6 Å². The minimum Gasteiger partial charge on any atom is -0.396 e. The van der Waals surface area contributed by atoms with E-state index in [9.17, 15) is 17.4 Å². The molecule has 3 N–H and O–H groups in total. The van der Waals surface area contributed by atoms with Gasteiger partial charge >= 0.3 is 0 Å². The van der Waals surface area contributed by atoms with Gasteiger partial charge in [-0.05, 0) is 48.9 Å². The van der Waals surface area contributed by atoms with Gasteiger partial charge in [-0.2, -0.15) is 8.42 Å². The summed E-state index contributed by atoms with van der Waals surface area (Å²) in [6, 6.07) is 15.6. The van der Waals surface area contributed by atoms with Crippen LogP contribution in [0.4, 0.5) is 21.5 Å². The maximum atomic E-state index is 13.3. The average molecular weight is 459 g/mol. The Labute approximate surface area is 206 Å². The monoisotopic (exact) mass is 459 g/mol. The Balaban J connectivity index is 0.00000289. The van der Waals surface area contributed by atoms with Gasteiger partial charge in [-0.15, -0.1) is 10.2 Å². The van der Waals surface area contributed by atoms with Gasteiger partial charge in [0.2, 0.25) is 0 Å². The van der Waals surface area contributed by atoms with Crippen molar-refractivity contribution >= 4 is 67.5 Å². The molecule has 0 aliphatic rings. The van der Waals surface area contributed by atoms with Crippen LogP contribution in [0.25, 0.3) is 22.0 Å². The molecule has 4 rings (SSSR count). The van der Waals surface area contributed by atoms with Gasteiger partial charge in [0.15, 0.2) is 0 Å². The summed E-state index contributed by atoms with van der Waals surface area (Å²) in [5.74, 6) is -0.316. The van der Waals surface area contributed by atoms with Crippen LogP contribution in [0.2, 0.25) is 0 Å². The van der Waals surface area contributed by atoms with E-state index in [0.717, 1.165) is 11.1 Å². The maximum absolute atomic E-state index is 13.3. The standard InChI is InChI=1S/C22H17FN4O3S.Na/c1-13-10-14(23)6-8-16(13)19-9-7-15(12-25-19)26-27-20-11-21(31(28,29)30)17-4-2-3-5-18(17)22(20)24;/h2-12H,24H2,1H3,(H,28,29,30);. The Kier molecular flexibility index (Phi) is 7.06. The zero-order chi connectivity index (χ0) is 22.2. The van der Waals surface area contributed by atoms with Gasteiger partial charge in [0.1, 0.15) is 22.1 Å². The molecule has 0 aliphatic heterocycles. The Morgan fingerprint density at radius 1 is 1.00 bits per heavy atom. The fourth-order valence-electron chi connectivity index (χ4n) is 3.28. The first kappa shape index (κ1) is 24.0. The van der Waals surface area contributed by atoms with Gasteiger partial charge in [-0.25, -0.2) is 4.39 Å². The van der Waals surface area contributed by atoms with Crippen LogP contribution >= 0.6 is 0 Å². The van der Waals surface area contributed by atoms with Gasteiger partial charge in [-0.3, -0.25) is 9.54 Å². The Hall–Kier alpha value is -2.69. The second-order valence-electron chi connectivity index (χ2n) is 6.89. The van der Waals surface area contributed by atoms with Gasteiger partial charge in [0.25, 0.3) is 10.1 Å². The summed E-state index contributed by atoms with van der Waals surface area (Å²) >= 11 is 0. The van der Waals surface area contributed by atoms with Crippen molar-refractivity contribution in [3.05, 3.63) is 78.2 Å². The molecule has 0 amide bonds. The van der Waals surface area contributed by atoms with Gasteiger partial charge in [0, 0.05) is 45.9 Å². The van der Waals surface area contributed by atoms with E-state index in [1.807, 2.05) is 0 Å². The second kappa shape index (κ2) is 9.43. The van der Waals surface area contributed by atoms with E-state index in [0.29, 0.717) is 22.2 Å². The molecule has 157 valence electrons. The SMILES string of the molecule is Cc1cc(F)ccc1-c1ccc(N=Nc2cc(S(=O)(=O)O)c3ccccc3c2N)cn1.[Na]. The summed E-state index contributed by atoms with van der Waals surface area (Å²) in [6.45, 7) is 1.79. The number of nitrogen functional groups attached to an aromatic ring is 1. The first-order valence-electron chi connectivity index (χ1n) is 9.17. The van der Waals surface area contributed by atoms with Crippen LogP contribution in [0.15, 0.2) is 82.0 Å². The molecule has 1 radical (unpaired) electrons. The maximum Gasteiger partial charge on any atom is 0.295 e. The number of rotatable bonds is 4. The number of hydrogen-bond acceptors (Lipinski definition) is 6. The number of pyridine rings is 1. The number of aryl methyl sites for hydroxylation is 1. The Morgan fingerprint density at radius 3 is 2.34 bits per heavy atom. The number of fused-ring (bicyclic) bond motifs is 1. The van der Waals surface area contributed by atoms with Crippen molar-refractivity contribution in [2.75, 3.05) is 5.73 Å². The molecular formula is C22H17FN4NaO3S. The fraction of sp³-hybridized carbons (Fsp3) is 0.0455. The van der Waals surface area contributed by atoms with Gasteiger partial charge < -0.3 is 5.73 Å². The summed E-state index contributed by atoms with van der Waals surface area (Å²) in [5, 5.41) is 8.88. The number of anilines is 1. The van der Waals surface area contributed by atoms with Crippen LogP contribution in [0.3, 0.4) is 0 Å². The fourth-order valence-corrected chi connectivity index (χ4v) is 3.99. The third-order valence-corrected chi connectivity index (χ3v) is 5.68. The first-order chi connectivity index (χ1) is 14.7. The van der Waals surface area contributed by atoms with Crippen LogP contribution in [-0.4, -0.2) is 47.5 Å². The molecular weight excluding hydrogens is 442 g/mol. The number of nitrogens with zero attached hydrogens (tertiary/aromatic N) is 3. The van der Waals surface area contributed by atoms with Crippen LogP contribution < -0.4 is 5.73 Å². The zero-order valence-electron chi connectivity index (χ0n) is 17.3. The molecule has 0 fully saturated rings. The molecule has 0 aliphatic carbocycles. The number of benzene rings is 3. The molecule has 7 nitrogen and oxygen atoms in total. The topological polar surface area (TPSA) is 118 Å². The molecule has 1 aromatic heterocycles. The summed E-state index contributed by atoms with van der Waals surface area (Å²) < 4.78 is 46.5. The van der Waals surface area contributed by atoms with Crippen molar-refractivity contribution in [3.8, 4) is 11.3 Å². The summed E-state index contributed by atoms with van der Waals surface area (Å²) in [4.78, 5) is 4.04. The normalized spacial score (nSPS) is 11.6. The van der Waals surface area contributed by atoms with Crippen molar-refractivity contribution in [3.63, 3.8) is 0 Å². The summed E-state index contributed by atoms with van der Waals surface area (Å²) in [6.07, 6.45) is 1.49. The van der Waals surface area contributed by atoms with Crippen LogP contribution in [-0.2, 0) is 10.1 Å². The molecule has 10 heteroatoms. The summed E-state index contributed by atoms with van der Waals surface area (Å²) in [7, 11) is -4.49. The smallest absolute Gasteiger partial charge is 0.295 e. The van der Waals surface area contributed by atoms with Crippen molar-refractivity contribution in [1.29, 1.82) is 0 Å². The molecule has 1 heterocycles. The third-order valence-electron chi connectivity index (χ3n) is 4.79. The Bertz CT molecular complexity index is 1440. The molecule has 3 aromatic carbocycles. The van der Waals surface area contributed by atoms with E-state index < -0.39 is 10.1 Å². The molecule has 0 unspecified atom stereocenters. The van der Waals surface area contributed by atoms with Crippen molar-refractivity contribution < 1.29 is 17.4 Å². The predicted molar refractivity (Wildman–Crippen MR) is 122 cm³/mol. The van der Waals surface area contributed by atoms with Crippen molar-refractivity contribution in [1.82, 2.24) is 4.98 Å². The van der Waals surface area contributed by atoms with E-state index in [1.165, 1.54) is 24.4 Å². The number of halogens is 1. The number of azo groups is 1. The molecule has 0 spiro atoms. The minimum absolute atomic E-state index is 0. The molecule has 0 bridgehead atoms. The molecule has 0 atom stereocenters. The molecule has 32 heavy (non-hydrogen) atoms. The predicted octanol–water partition coefficient (Wildman–Crippen LogP) is 5.21.